The Bertz CT molecular complexity index is 626. The van der Waals surface area contributed by atoms with Gasteiger partial charge < -0.3 is 10.6 Å². The lowest BCUT2D eigenvalue weighted by Gasteiger charge is -2.10. The molecule has 0 aromatic heterocycles. The third-order valence-corrected chi connectivity index (χ3v) is 5.09. The first kappa shape index (κ1) is 18.9. The molecule has 0 aliphatic carbocycles. The van der Waals surface area contributed by atoms with Crippen LogP contribution in [0.4, 0.5) is 0 Å². The largest absolute Gasteiger partial charge is 0.352 e. The molecule has 0 spiro atoms. The van der Waals surface area contributed by atoms with E-state index in [1.54, 1.807) is 19.1 Å². The number of rotatable bonds is 5. The van der Waals surface area contributed by atoms with Gasteiger partial charge in [-0.2, -0.15) is 0 Å². The van der Waals surface area contributed by atoms with Gasteiger partial charge in [0.2, 0.25) is 0 Å². The molecule has 1 atom stereocenters. The standard InChI is InChI=1S/C15H22N2O3S.ClH/c1-11-3-4-13(9-14(11)21(2,19)20)15(18)17-8-6-12-5-7-16-10-12;/h3-4,9,12,16H,5-8,10H2,1-2H3,(H,17,18);1H. The molecule has 2 rings (SSSR count). The van der Waals surface area contributed by atoms with Crippen LogP contribution in [0, 0.1) is 12.8 Å². The summed E-state index contributed by atoms with van der Waals surface area (Å²) >= 11 is 0. The normalized spacial score (nSPS) is 17.8. The van der Waals surface area contributed by atoms with E-state index in [1.165, 1.54) is 6.07 Å². The number of hydrogen-bond acceptors (Lipinski definition) is 4. The Balaban J connectivity index is 0.00000242. The first-order chi connectivity index (χ1) is 9.88. The predicted octanol–water partition coefficient (Wildman–Crippen LogP) is 1.55. The Hall–Kier alpha value is -1.11. The van der Waals surface area contributed by atoms with Crippen LogP contribution >= 0.6 is 12.4 Å². The SMILES string of the molecule is Cc1ccc(C(=O)NCCC2CCNC2)cc1S(C)(=O)=O.Cl. The van der Waals surface area contributed by atoms with Crippen LogP contribution in [-0.4, -0.2) is 40.2 Å². The van der Waals surface area contributed by atoms with E-state index < -0.39 is 9.84 Å². The van der Waals surface area contributed by atoms with Gasteiger partial charge >= 0.3 is 0 Å². The van der Waals surface area contributed by atoms with Gasteiger partial charge in [0.25, 0.3) is 5.91 Å². The van der Waals surface area contributed by atoms with E-state index in [0.717, 1.165) is 32.2 Å². The first-order valence-corrected chi connectivity index (χ1v) is 9.06. The molecule has 1 amide bonds. The summed E-state index contributed by atoms with van der Waals surface area (Å²) in [6.07, 6.45) is 3.26. The van der Waals surface area contributed by atoms with Crippen molar-refractivity contribution in [3.05, 3.63) is 29.3 Å². The molecule has 1 aromatic rings. The Kier molecular flexibility index (Phi) is 6.84. The van der Waals surface area contributed by atoms with Crippen molar-refractivity contribution in [2.75, 3.05) is 25.9 Å². The summed E-state index contributed by atoms with van der Waals surface area (Å²) < 4.78 is 23.4. The molecule has 1 aliphatic rings. The number of benzene rings is 1. The third-order valence-electron chi connectivity index (χ3n) is 3.85. The molecular formula is C15H23ClN2O3S. The van der Waals surface area contributed by atoms with E-state index >= 15 is 0 Å². The summed E-state index contributed by atoms with van der Waals surface area (Å²) in [4.78, 5) is 12.3. The van der Waals surface area contributed by atoms with E-state index in [9.17, 15) is 13.2 Å². The Morgan fingerprint density at radius 1 is 1.41 bits per heavy atom. The molecule has 2 N–H and O–H groups in total. The fraction of sp³-hybridized carbons (Fsp3) is 0.533. The molecule has 0 radical (unpaired) electrons. The van der Waals surface area contributed by atoms with E-state index in [2.05, 4.69) is 10.6 Å². The molecule has 22 heavy (non-hydrogen) atoms. The van der Waals surface area contributed by atoms with Crippen molar-refractivity contribution >= 4 is 28.2 Å². The van der Waals surface area contributed by atoms with Gasteiger partial charge in [-0.25, -0.2) is 8.42 Å². The summed E-state index contributed by atoms with van der Waals surface area (Å²) in [5, 5.41) is 6.16. The van der Waals surface area contributed by atoms with Crippen molar-refractivity contribution in [1.29, 1.82) is 0 Å². The second kappa shape index (κ2) is 7.94. The molecule has 1 unspecified atom stereocenters. The number of aryl methyl sites for hydroxylation is 1. The summed E-state index contributed by atoms with van der Waals surface area (Å²) in [6, 6.07) is 4.79. The number of carbonyl (C=O) groups excluding carboxylic acids is 1. The van der Waals surface area contributed by atoms with Crippen LogP contribution in [0.25, 0.3) is 0 Å². The van der Waals surface area contributed by atoms with Crippen molar-refractivity contribution in [3.8, 4) is 0 Å². The van der Waals surface area contributed by atoms with Crippen LogP contribution in [0.15, 0.2) is 23.1 Å². The average Bonchev–Trinajstić information content (AvgIpc) is 2.91. The Morgan fingerprint density at radius 3 is 2.73 bits per heavy atom. The fourth-order valence-corrected chi connectivity index (χ4v) is 3.59. The van der Waals surface area contributed by atoms with Crippen molar-refractivity contribution in [2.24, 2.45) is 5.92 Å². The smallest absolute Gasteiger partial charge is 0.251 e. The first-order valence-electron chi connectivity index (χ1n) is 7.17. The highest BCUT2D eigenvalue weighted by molar-refractivity contribution is 7.90. The quantitative estimate of drug-likeness (QED) is 0.848. The van der Waals surface area contributed by atoms with Gasteiger partial charge in [0.05, 0.1) is 4.90 Å². The minimum absolute atomic E-state index is 0. The van der Waals surface area contributed by atoms with E-state index in [-0.39, 0.29) is 23.2 Å². The van der Waals surface area contributed by atoms with Gasteiger partial charge in [-0.05, 0) is 56.5 Å². The lowest BCUT2D eigenvalue weighted by atomic mass is 10.1. The average molecular weight is 347 g/mol. The minimum Gasteiger partial charge on any atom is -0.352 e. The highest BCUT2D eigenvalue weighted by atomic mass is 35.5. The van der Waals surface area contributed by atoms with Crippen LogP contribution in [0.3, 0.4) is 0 Å². The maximum atomic E-state index is 12.1. The minimum atomic E-state index is -3.31. The predicted molar refractivity (Wildman–Crippen MR) is 89.5 cm³/mol. The Morgan fingerprint density at radius 2 is 2.14 bits per heavy atom. The van der Waals surface area contributed by atoms with Crippen LogP contribution in [0.5, 0.6) is 0 Å². The van der Waals surface area contributed by atoms with E-state index in [4.69, 9.17) is 0 Å². The molecule has 1 aliphatic heterocycles. The van der Waals surface area contributed by atoms with Crippen molar-refractivity contribution < 1.29 is 13.2 Å². The Labute approximate surface area is 138 Å². The van der Waals surface area contributed by atoms with Crippen molar-refractivity contribution in [3.63, 3.8) is 0 Å². The van der Waals surface area contributed by atoms with Gasteiger partial charge in [0, 0.05) is 18.4 Å². The highest BCUT2D eigenvalue weighted by Gasteiger charge is 2.16. The van der Waals surface area contributed by atoms with Gasteiger partial charge in [0.1, 0.15) is 0 Å². The molecule has 0 saturated carbocycles. The molecular weight excluding hydrogens is 324 g/mol. The third kappa shape index (κ3) is 4.97. The number of amides is 1. The summed E-state index contributed by atoms with van der Waals surface area (Å²) in [5.74, 6) is 0.403. The van der Waals surface area contributed by atoms with Gasteiger partial charge in [0.15, 0.2) is 9.84 Å². The molecule has 1 aromatic carbocycles. The zero-order valence-corrected chi connectivity index (χ0v) is 14.5. The van der Waals surface area contributed by atoms with Gasteiger partial charge in [-0.3, -0.25) is 4.79 Å². The van der Waals surface area contributed by atoms with Gasteiger partial charge in [-0.15, -0.1) is 12.4 Å². The number of carbonyl (C=O) groups is 1. The molecule has 7 heteroatoms. The molecule has 1 saturated heterocycles. The number of halogens is 1. The summed E-state index contributed by atoms with van der Waals surface area (Å²) in [5.41, 5.74) is 1.05. The zero-order valence-electron chi connectivity index (χ0n) is 12.9. The zero-order chi connectivity index (χ0) is 15.5. The maximum absolute atomic E-state index is 12.1. The van der Waals surface area contributed by atoms with E-state index in [1.807, 2.05) is 0 Å². The second-order valence-corrected chi connectivity index (χ2v) is 7.64. The van der Waals surface area contributed by atoms with Crippen LogP contribution in [-0.2, 0) is 9.84 Å². The molecule has 5 nitrogen and oxygen atoms in total. The van der Waals surface area contributed by atoms with Gasteiger partial charge in [-0.1, -0.05) is 6.07 Å². The molecule has 1 fully saturated rings. The lowest BCUT2D eigenvalue weighted by Crippen LogP contribution is -2.26. The molecule has 0 bridgehead atoms. The fourth-order valence-electron chi connectivity index (χ4n) is 2.59. The summed E-state index contributed by atoms with van der Waals surface area (Å²) in [7, 11) is -3.31. The van der Waals surface area contributed by atoms with Crippen molar-refractivity contribution in [1.82, 2.24) is 10.6 Å². The highest BCUT2D eigenvalue weighted by Crippen LogP contribution is 2.17. The number of nitrogens with one attached hydrogen (secondary N) is 2. The lowest BCUT2D eigenvalue weighted by molar-refractivity contribution is 0.0951. The van der Waals surface area contributed by atoms with Crippen molar-refractivity contribution in [2.45, 2.75) is 24.7 Å². The topological polar surface area (TPSA) is 75.3 Å². The molecule has 1 heterocycles. The van der Waals surface area contributed by atoms with E-state index in [0.29, 0.717) is 23.6 Å². The number of sulfone groups is 1. The molecule has 124 valence electrons. The summed E-state index contributed by atoms with van der Waals surface area (Å²) in [6.45, 7) is 4.41. The van der Waals surface area contributed by atoms with Crippen LogP contribution in [0.2, 0.25) is 0 Å². The monoisotopic (exact) mass is 346 g/mol. The van der Waals surface area contributed by atoms with Crippen LogP contribution in [0.1, 0.15) is 28.8 Å². The maximum Gasteiger partial charge on any atom is 0.251 e. The second-order valence-electron chi connectivity index (χ2n) is 5.66. The van der Waals surface area contributed by atoms with Crippen LogP contribution < -0.4 is 10.6 Å². The number of hydrogen-bond donors (Lipinski definition) is 2.